The highest BCUT2D eigenvalue weighted by molar-refractivity contribution is 5.84. The second-order valence-corrected chi connectivity index (χ2v) is 10.4. The molecular formula is C31H40N6O4. The predicted molar refractivity (Wildman–Crippen MR) is 157 cm³/mol. The molecule has 3 N–H and O–H groups in total. The number of aliphatic carboxylic acids is 1. The van der Waals surface area contributed by atoms with Gasteiger partial charge in [0.15, 0.2) is 0 Å². The van der Waals surface area contributed by atoms with Gasteiger partial charge in [-0.2, -0.15) is 0 Å². The SMILES string of the molecule is Cc1cnc(OCCN(CCCCc2ccc3c(n2)NCCC3)CC[C@H](NC(=O)Cc2ccccc2)C(=O)O)cn1. The molecule has 10 nitrogen and oxygen atoms in total. The van der Waals surface area contributed by atoms with Crippen LogP contribution in [-0.2, 0) is 28.9 Å². The van der Waals surface area contributed by atoms with Gasteiger partial charge in [-0.25, -0.2) is 14.8 Å². The van der Waals surface area contributed by atoms with E-state index >= 15 is 0 Å². The van der Waals surface area contributed by atoms with Crippen LogP contribution in [-0.4, -0.2) is 75.7 Å². The quantitative estimate of drug-likeness (QED) is 0.226. The van der Waals surface area contributed by atoms with Crippen molar-refractivity contribution in [2.45, 2.75) is 57.9 Å². The maximum Gasteiger partial charge on any atom is 0.326 e. The fourth-order valence-corrected chi connectivity index (χ4v) is 4.82. The molecule has 0 spiro atoms. The number of carbonyl (C=O) groups is 2. The van der Waals surface area contributed by atoms with E-state index in [1.54, 1.807) is 12.4 Å². The molecule has 0 aliphatic carbocycles. The number of pyridine rings is 1. The maximum atomic E-state index is 12.5. The van der Waals surface area contributed by atoms with Crippen LogP contribution in [0, 0.1) is 6.92 Å². The second-order valence-electron chi connectivity index (χ2n) is 10.4. The molecule has 0 saturated carbocycles. The van der Waals surface area contributed by atoms with Gasteiger partial charge in [-0.15, -0.1) is 0 Å². The van der Waals surface area contributed by atoms with Crippen molar-refractivity contribution in [1.82, 2.24) is 25.2 Å². The summed E-state index contributed by atoms with van der Waals surface area (Å²) in [5.74, 6) is 0.132. The van der Waals surface area contributed by atoms with Gasteiger partial charge in [0.25, 0.3) is 0 Å². The Morgan fingerprint density at radius 2 is 1.93 bits per heavy atom. The number of nitrogens with one attached hydrogen (secondary N) is 2. The van der Waals surface area contributed by atoms with Crippen LogP contribution in [0.15, 0.2) is 54.9 Å². The van der Waals surface area contributed by atoms with Gasteiger partial charge in [0.2, 0.25) is 11.8 Å². The van der Waals surface area contributed by atoms with Crippen LogP contribution in [0.1, 0.15) is 48.2 Å². The number of hydrogen-bond donors (Lipinski definition) is 3. The van der Waals surface area contributed by atoms with E-state index in [1.165, 1.54) is 5.56 Å². The minimum absolute atomic E-state index is 0.145. The van der Waals surface area contributed by atoms with Gasteiger partial charge >= 0.3 is 5.97 Å². The number of carboxylic acid groups (broad SMARTS) is 1. The molecule has 0 unspecified atom stereocenters. The Kier molecular flexibility index (Phi) is 11.4. The van der Waals surface area contributed by atoms with E-state index in [1.807, 2.05) is 37.3 Å². The van der Waals surface area contributed by atoms with Crippen molar-refractivity contribution in [3.63, 3.8) is 0 Å². The zero-order chi connectivity index (χ0) is 28.9. The largest absolute Gasteiger partial charge is 0.480 e. The fourth-order valence-electron chi connectivity index (χ4n) is 4.82. The van der Waals surface area contributed by atoms with Crippen LogP contribution in [0.3, 0.4) is 0 Å². The maximum absolute atomic E-state index is 12.5. The lowest BCUT2D eigenvalue weighted by Crippen LogP contribution is -2.44. The number of unbranched alkanes of at least 4 members (excludes halogenated alkanes) is 1. The summed E-state index contributed by atoms with van der Waals surface area (Å²) >= 11 is 0. The van der Waals surface area contributed by atoms with Crippen molar-refractivity contribution in [2.24, 2.45) is 0 Å². The van der Waals surface area contributed by atoms with Crippen LogP contribution < -0.4 is 15.4 Å². The minimum Gasteiger partial charge on any atom is -0.480 e. The number of benzene rings is 1. The first-order chi connectivity index (χ1) is 20.0. The zero-order valence-electron chi connectivity index (χ0n) is 23.7. The van der Waals surface area contributed by atoms with E-state index in [9.17, 15) is 14.7 Å². The number of rotatable bonds is 16. The summed E-state index contributed by atoms with van der Waals surface area (Å²) in [4.78, 5) is 39.9. The van der Waals surface area contributed by atoms with E-state index in [0.717, 1.165) is 68.0 Å². The molecule has 0 fully saturated rings. The monoisotopic (exact) mass is 560 g/mol. The predicted octanol–water partition coefficient (Wildman–Crippen LogP) is 3.44. The summed E-state index contributed by atoms with van der Waals surface area (Å²) in [6.07, 6.45) is 8.68. The van der Waals surface area contributed by atoms with Crippen molar-refractivity contribution >= 4 is 17.7 Å². The Balaban J connectivity index is 1.28. The first-order valence-corrected chi connectivity index (χ1v) is 14.4. The third-order valence-electron chi connectivity index (χ3n) is 7.10. The third kappa shape index (κ3) is 10.1. The number of carbonyl (C=O) groups excluding carboxylic acids is 1. The Morgan fingerprint density at radius 1 is 1.07 bits per heavy atom. The fraction of sp³-hybridized carbons (Fsp3) is 0.452. The number of ether oxygens (including phenoxy) is 1. The number of aryl methyl sites for hydroxylation is 3. The van der Waals surface area contributed by atoms with E-state index in [0.29, 0.717) is 25.6 Å². The van der Waals surface area contributed by atoms with E-state index in [-0.39, 0.29) is 18.7 Å². The molecule has 2 aromatic heterocycles. The van der Waals surface area contributed by atoms with Crippen molar-refractivity contribution in [1.29, 1.82) is 0 Å². The van der Waals surface area contributed by atoms with E-state index in [4.69, 9.17) is 9.72 Å². The number of carboxylic acids is 1. The highest BCUT2D eigenvalue weighted by Gasteiger charge is 2.21. The van der Waals surface area contributed by atoms with Crippen LogP contribution in [0.2, 0.25) is 0 Å². The van der Waals surface area contributed by atoms with Gasteiger partial charge in [-0.3, -0.25) is 14.7 Å². The van der Waals surface area contributed by atoms with Gasteiger partial charge in [0.1, 0.15) is 18.5 Å². The third-order valence-corrected chi connectivity index (χ3v) is 7.10. The van der Waals surface area contributed by atoms with E-state index in [2.05, 4.69) is 37.6 Å². The molecule has 0 radical (unpaired) electrons. The van der Waals surface area contributed by atoms with Crippen molar-refractivity contribution in [3.05, 3.63) is 77.4 Å². The second kappa shape index (κ2) is 15.7. The molecule has 1 aromatic carbocycles. The van der Waals surface area contributed by atoms with Crippen molar-refractivity contribution in [2.75, 3.05) is 38.1 Å². The molecule has 1 aliphatic rings. The molecule has 218 valence electrons. The Bertz CT molecular complexity index is 1260. The van der Waals surface area contributed by atoms with Gasteiger partial charge in [0.05, 0.1) is 24.5 Å². The number of fused-ring (bicyclic) bond motifs is 1. The summed E-state index contributed by atoms with van der Waals surface area (Å²) in [6.45, 7) is 5.11. The van der Waals surface area contributed by atoms with E-state index < -0.39 is 12.0 Å². The standard InChI is InChI=1S/C31H40N6O4/c1-23-21-34-29(22-33-23)41-19-18-37(16-6-5-11-26-13-12-25-10-7-15-32-30(25)35-26)17-14-27(31(39)40)36-28(38)20-24-8-3-2-4-9-24/h2-4,8-9,12-13,21-22,27H,5-7,10-11,14-20H2,1H3,(H,32,35)(H,36,38)(H,39,40)/t27-/m0/s1. The summed E-state index contributed by atoms with van der Waals surface area (Å²) in [6, 6.07) is 12.6. The molecule has 3 aromatic rings. The molecule has 3 heterocycles. The number of amides is 1. The average Bonchev–Trinajstić information content (AvgIpc) is 2.98. The minimum atomic E-state index is -1.04. The molecule has 41 heavy (non-hydrogen) atoms. The summed E-state index contributed by atoms with van der Waals surface area (Å²) in [5, 5.41) is 15.9. The van der Waals surface area contributed by atoms with Crippen LogP contribution in [0.4, 0.5) is 5.82 Å². The van der Waals surface area contributed by atoms with Crippen molar-refractivity contribution < 1.29 is 19.4 Å². The molecule has 10 heteroatoms. The highest BCUT2D eigenvalue weighted by atomic mass is 16.5. The Morgan fingerprint density at radius 3 is 2.71 bits per heavy atom. The summed E-state index contributed by atoms with van der Waals surface area (Å²) in [5.41, 5.74) is 4.03. The number of aromatic nitrogens is 3. The molecule has 0 bridgehead atoms. The number of nitrogens with zero attached hydrogens (tertiary/aromatic N) is 4. The lowest BCUT2D eigenvalue weighted by atomic mass is 10.1. The number of hydrogen-bond acceptors (Lipinski definition) is 8. The number of anilines is 1. The summed E-state index contributed by atoms with van der Waals surface area (Å²) in [7, 11) is 0. The molecule has 1 atom stereocenters. The van der Waals surface area contributed by atoms with Gasteiger partial charge in [0, 0.05) is 25.3 Å². The van der Waals surface area contributed by atoms with Gasteiger partial charge in [-0.1, -0.05) is 36.4 Å². The topological polar surface area (TPSA) is 130 Å². The molecule has 0 saturated heterocycles. The highest BCUT2D eigenvalue weighted by Crippen LogP contribution is 2.20. The average molecular weight is 561 g/mol. The van der Waals surface area contributed by atoms with Crippen LogP contribution in [0.5, 0.6) is 5.88 Å². The molecular weight excluding hydrogens is 520 g/mol. The lowest BCUT2D eigenvalue weighted by Gasteiger charge is -2.24. The van der Waals surface area contributed by atoms with Crippen molar-refractivity contribution in [3.8, 4) is 5.88 Å². The summed E-state index contributed by atoms with van der Waals surface area (Å²) < 4.78 is 5.79. The first-order valence-electron chi connectivity index (χ1n) is 14.4. The van der Waals surface area contributed by atoms with Gasteiger partial charge in [-0.05, 0) is 69.2 Å². The lowest BCUT2D eigenvalue weighted by molar-refractivity contribution is -0.142. The van der Waals surface area contributed by atoms with Gasteiger partial charge < -0.3 is 20.5 Å². The zero-order valence-corrected chi connectivity index (χ0v) is 23.7. The molecule has 4 rings (SSSR count). The normalized spacial score (nSPS) is 13.2. The Labute approximate surface area is 241 Å². The molecule has 1 aliphatic heterocycles. The van der Waals surface area contributed by atoms with Crippen LogP contribution in [0.25, 0.3) is 0 Å². The van der Waals surface area contributed by atoms with Crippen LogP contribution >= 0.6 is 0 Å². The Hall–Kier alpha value is -4.05. The molecule has 1 amide bonds. The smallest absolute Gasteiger partial charge is 0.326 e. The first kappa shape index (κ1) is 29.9.